The highest BCUT2D eigenvalue weighted by molar-refractivity contribution is 7.12. The second-order valence-corrected chi connectivity index (χ2v) is 8.53. The first-order chi connectivity index (χ1) is 15.0. The fraction of sp³-hybridized carbons (Fsp3) is 0.364. The second-order valence-electron chi connectivity index (χ2n) is 7.58. The van der Waals surface area contributed by atoms with Crippen LogP contribution < -0.4 is 15.5 Å². The zero-order valence-corrected chi connectivity index (χ0v) is 17.7. The van der Waals surface area contributed by atoms with E-state index in [0.717, 1.165) is 12.8 Å². The molecular formula is C22H23N3O5S. The highest BCUT2D eigenvalue weighted by Crippen LogP contribution is 2.45. The summed E-state index contributed by atoms with van der Waals surface area (Å²) in [4.78, 5) is 52.1. The first kappa shape index (κ1) is 21.0. The topological polar surface area (TPSA) is 105 Å². The highest BCUT2D eigenvalue weighted by Gasteiger charge is 2.52. The number of thiophene rings is 1. The standard InChI is InChI=1S/C22H23N3O5S/c26-18(14-30-19(27)9-12-23-20(28)17-8-5-13-31-17)25-16-7-2-1-6-15(16)24-21(29)22(25)10-3-4-11-22/h1-2,5-8,13H,3-4,9-12,14H2,(H,23,28)(H,24,29). The van der Waals surface area contributed by atoms with Crippen molar-refractivity contribution in [3.8, 4) is 0 Å². The van der Waals surface area contributed by atoms with Gasteiger partial charge in [0, 0.05) is 6.54 Å². The van der Waals surface area contributed by atoms with E-state index in [2.05, 4.69) is 10.6 Å². The number of hydrogen-bond acceptors (Lipinski definition) is 6. The summed E-state index contributed by atoms with van der Waals surface area (Å²) in [6.45, 7) is -0.344. The lowest BCUT2D eigenvalue weighted by atomic mass is 9.90. The monoisotopic (exact) mass is 441 g/mol. The zero-order valence-electron chi connectivity index (χ0n) is 16.9. The summed E-state index contributed by atoms with van der Waals surface area (Å²) in [5, 5.41) is 7.36. The largest absolute Gasteiger partial charge is 0.455 e. The Morgan fingerprint density at radius 1 is 1.13 bits per heavy atom. The van der Waals surface area contributed by atoms with Crippen molar-refractivity contribution in [1.29, 1.82) is 0 Å². The van der Waals surface area contributed by atoms with Crippen LogP contribution in [0.2, 0.25) is 0 Å². The van der Waals surface area contributed by atoms with Crippen LogP contribution in [0.15, 0.2) is 41.8 Å². The molecule has 162 valence electrons. The van der Waals surface area contributed by atoms with Crippen molar-refractivity contribution in [3.05, 3.63) is 46.7 Å². The molecule has 0 unspecified atom stereocenters. The minimum atomic E-state index is -0.938. The van der Waals surface area contributed by atoms with Crippen molar-refractivity contribution >= 4 is 46.4 Å². The molecular weight excluding hydrogens is 418 g/mol. The average molecular weight is 442 g/mol. The molecule has 0 atom stereocenters. The SMILES string of the molecule is O=C(CCNC(=O)c1cccs1)OCC(=O)N1c2ccccc2NC(=O)C12CCCC2. The van der Waals surface area contributed by atoms with Gasteiger partial charge in [-0.2, -0.15) is 0 Å². The van der Waals surface area contributed by atoms with Gasteiger partial charge in [-0.25, -0.2) is 0 Å². The van der Waals surface area contributed by atoms with E-state index in [1.165, 1.54) is 16.2 Å². The third-order valence-corrected chi connectivity index (χ3v) is 6.51. The summed E-state index contributed by atoms with van der Waals surface area (Å²) in [6.07, 6.45) is 2.79. The summed E-state index contributed by atoms with van der Waals surface area (Å²) >= 11 is 1.31. The maximum absolute atomic E-state index is 13.1. The Bertz CT molecular complexity index is 998. The van der Waals surface area contributed by atoms with Crippen LogP contribution in [0.4, 0.5) is 11.4 Å². The summed E-state index contributed by atoms with van der Waals surface area (Å²) < 4.78 is 5.17. The first-order valence-corrected chi connectivity index (χ1v) is 11.1. The summed E-state index contributed by atoms with van der Waals surface area (Å²) in [5.74, 6) is -1.46. The fourth-order valence-electron chi connectivity index (χ4n) is 4.18. The highest BCUT2D eigenvalue weighted by atomic mass is 32.1. The van der Waals surface area contributed by atoms with Crippen molar-refractivity contribution in [3.63, 3.8) is 0 Å². The van der Waals surface area contributed by atoms with Crippen LogP contribution in [0.3, 0.4) is 0 Å². The molecule has 1 saturated carbocycles. The zero-order chi connectivity index (χ0) is 21.8. The number of rotatable bonds is 6. The Hall–Kier alpha value is -3.20. The Labute approximate surface area is 183 Å². The van der Waals surface area contributed by atoms with Crippen molar-refractivity contribution in [2.75, 3.05) is 23.4 Å². The van der Waals surface area contributed by atoms with E-state index in [1.807, 2.05) is 6.07 Å². The van der Waals surface area contributed by atoms with Crippen molar-refractivity contribution in [1.82, 2.24) is 5.32 Å². The van der Waals surface area contributed by atoms with Gasteiger partial charge in [0.05, 0.1) is 22.7 Å². The molecule has 1 aromatic carbocycles. The minimum Gasteiger partial charge on any atom is -0.455 e. The van der Waals surface area contributed by atoms with Gasteiger partial charge in [-0.05, 0) is 36.4 Å². The number of anilines is 2. The van der Waals surface area contributed by atoms with Crippen LogP contribution in [0.1, 0.15) is 41.8 Å². The lowest BCUT2D eigenvalue weighted by Gasteiger charge is -2.44. The minimum absolute atomic E-state index is 0.0490. The number of fused-ring (bicyclic) bond motifs is 1. The molecule has 1 aliphatic heterocycles. The van der Waals surface area contributed by atoms with Gasteiger partial charge in [-0.1, -0.05) is 31.0 Å². The number of amides is 3. The van der Waals surface area contributed by atoms with Gasteiger partial charge >= 0.3 is 5.97 Å². The number of nitrogens with one attached hydrogen (secondary N) is 2. The molecule has 1 aliphatic carbocycles. The molecule has 0 bridgehead atoms. The van der Waals surface area contributed by atoms with Gasteiger partial charge < -0.3 is 15.4 Å². The van der Waals surface area contributed by atoms with E-state index in [0.29, 0.717) is 29.1 Å². The molecule has 1 aromatic heterocycles. The van der Waals surface area contributed by atoms with Gasteiger partial charge in [-0.3, -0.25) is 24.1 Å². The number of esters is 1. The predicted molar refractivity (Wildman–Crippen MR) is 116 cm³/mol. The number of nitrogens with zero attached hydrogens (tertiary/aromatic N) is 1. The van der Waals surface area contributed by atoms with Crippen molar-refractivity contribution in [2.24, 2.45) is 0 Å². The van der Waals surface area contributed by atoms with Crippen LogP contribution in [-0.2, 0) is 19.1 Å². The molecule has 9 heteroatoms. The van der Waals surface area contributed by atoms with E-state index < -0.39 is 24.0 Å². The van der Waals surface area contributed by atoms with Crippen LogP contribution in [-0.4, -0.2) is 42.4 Å². The summed E-state index contributed by atoms with van der Waals surface area (Å²) in [6, 6.07) is 10.6. The Balaban J connectivity index is 1.37. The Kier molecular flexibility index (Phi) is 6.03. The first-order valence-electron chi connectivity index (χ1n) is 10.2. The van der Waals surface area contributed by atoms with E-state index in [4.69, 9.17) is 4.74 Å². The average Bonchev–Trinajstić information content (AvgIpc) is 3.46. The molecule has 2 aliphatic rings. The number of carbonyl (C=O) groups is 4. The van der Waals surface area contributed by atoms with E-state index >= 15 is 0 Å². The Morgan fingerprint density at radius 3 is 2.65 bits per heavy atom. The number of benzene rings is 1. The second kappa shape index (κ2) is 8.89. The van der Waals surface area contributed by atoms with Gasteiger partial charge in [0.25, 0.3) is 17.7 Å². The van der Waals surface area contributed by atoms with Crippen molar-refractivity contribution in [2.45, 2.75) is 37.6 Å². The van der Waals surface area contributed by atoms with Crippen LogP contribution in [0.25, 0.3) is 0 Å². The summed E-state index contributed by atoms with van der Waals surface area (Å²) in [5.41, 5.74) is 0.251. The van der Waals surface area contributed by atoms with Crippen LogP contribution in [0.5, 0.6) is 0 Å². The predicted octanol–water partition coefficient (Wildman–Crippen LogP) is 2.71. The lowest BCUT2D eigenvalue weighted by Crippen LogP contribution is -2.61. The van der Waals surface area contributed by atoms with E-state index in [1.54, 1.807) is 35.7 Å². The molecule has 2 N–H and O–H groups in total. The smallest absolute Gasteiger partial charge is 0.308 e. The number of para-hydroxylation sites is 2. The molecule has 2 heterocycles. The van der Waals surface area contributed by atoms with Crippen molar-refractivity contribution < 1.29 is 23.9 Å². The molecule has 31 heavy (non-hydrogen) atoms. The number of carbonyl (C=O) groups excluding carboxylic acids is 4. The molecule has 1 fully saturated rings. The number of ether oxygens (including phenoxy) is 1. The van der Waals surface area contributed by atoms with Gasteiger partial charge in [-0.15, -0.1) is 11.3 Å². The third kappa shape index (κ3) is 4.18. The molecule has 2 aromatic rings. The Morgan fingerprint density at radius 2 is 1.90 bits per heavy atom. The van der Waals surface area contributed by atoms with Gasteiger partial charge in [0.15, 0.2) is 6.61 Å². The third-order valence-electron chi connectivity index (χ3n) is 5.64. The van der Waals surface area contributed by atoms with E-state index in [9.17, 15) is 19.2 Å². The summed E-state index contributed by atoms with van der Waals surface area (Å²) in [7, 11) is 0. The van der Waals surface area contributed by atoms with Gasteiger partial charge in [0.1, 0.15) is 5.54 Å². The van der Waals surface area contributed by atoms with Crippen LogP contribution in [0, 0.1) is 0 Å². The molecule has 4 rings (SSSR count). The molecule has 3 amide bonds. The normalized spacial score (nSPS) is 16.5. The molecule has 0 radical (unpaired) electrons. The number of hydrogen-bond donors (Lipinski definition) is 2. The maximum atomic E-state index is 13.1. The molecule has 0 saturated heterocycles. The van der Waals surface area contributed by atoms with Crippen LogP contribution >= 0.6 is 11.3 Å². The quantitative estimate of drug-likeness (QED) is 0.671. The molecule has 1 spiro atoms. The fourth-order valence-corrected chi connectivity index (χ4v) is 4.82. The van der Waals surface area contributed by atoms with E-state index in [-0.39, 0.29) is 24.8 Å². The van der Waals surface area contributed by atoms with Gasteiger partial charge in [0.2, 0.25) is 0 Å². The molecule has 8 nitrogen and oxygen atoms in total. The lowest BCUT2D eigenvalue weighted by molar-refractivity contribution is -0.148. The maximum Gasteiger partial charge on any atom is 0.308 e.